The molecule has 0 radical (unpaired) electrons. The number of rotatable bonds is 8. The summed E-state index contributed by atoms with van der Waals surface area (Å²) in [6.07, 6.45) is 4.37. The fraction of sp³-hybridized carbons (Fsp3) is 0.636. The van der Waals surface area contributed by atoms with Gasteiger partial charge in [-0.3, -0.25) is 4.79 Å². The van der Waals surface area contributed by atoms with Crippen LogP contribution in [0.1, 0.15) is 36.4 Å². The van der Waals surface area contributed by atoms with Gasteiger partial charge >= 0.3 is 5.91 Å². The van der Waals surface area contributed by atoms with E-state index in [0.717, 1.165) is 70.6 Å². The van der Waals surface area contributed by atoms with E-state index in [1.807, 2.05) is 29.2 Å². The monoisotopic (exact) mass is 401 g/mol. The Morgan fingerprint density at radius 3 is 2.79 bits per heavy atom. The van der Waals surface area contributed by atoms with Gasteiger partial charge in [0.05, 0.1) is 12.7 Å². The first-order valence-electron chi connectivity index (χ1n) is 10.7. The van der Waals surface area contributed by atoms with E-state index < -0.39 is 0 Å². The summed E-state index contributed by atoms with van der Waals surface area (Å²) in [7, 11) is 1.74. The number of methoxy groups -OCH3 is 1. The Labute approximate surface area is 171 Å². The zero-order valence-electron chi connectivity index (χ0n) is 17.2. The second-order valence-electron chi connectivity index (χ2n) is 8.11. The summed E-state index contributed by atoms with van der Waals surface area (Å²) in [4.78, 5) is 22.0. The van der Waals surface area contributed by atoms with E-state index in [4.69, 9.17) is 13.9 Å². The predicted octanol–water partition coefficient (Wildman–Crippen LogP) is 2.81. The highest BCUT2D eigenvalue weighted by molar-refractivity contribution is 5.92. The number of benzene rings is 1. The van der Waals surface area contributed by atoms with Crippen molar-refractivity contribution in [3.63, 3.8) is 0 Å². The van der Waals surface area contributed by atoms with Crippen LogP contribution in [0, 0.1) is 5.92 Å². The normalized spacial score (nSPS) is 21.1. The van der Waals surface area contributed by atoms with Crippen LogP contribution in [0.2, 0.25) is 0 Å². The Hall–Kier alpha value is -1.96. The van der Waals surface area contributed by atoms with E-state index in [-0.39, 0.29) is 17.9 Å². The predicted molar refractivity (Wildman–Crippen MR) is 110 cm³/mol. The van der Waals surface area contributed by atoms with Gasteiger partial charge in [0.1, 0.15) is 5.52 Å². The zero-order valence-corrected chi connectivity index (χ0v) is 17.2. The fourth-order valence-corrected chi connectivity index (χ4v) is 4.30. The summed E-state index contributed by atoms with van der Waals surface area (Å²) in [6.45, 7) is 5.99. The Kier molecular flexibility index (Phi) is 6.79. The molecule has 29 heavy (non-hydrogen) atoms. The van der Waals surface area contributed by atoms with Crippen molar-refractivity contribution in [2.75, 3.05) is 53.0 Å². The molecule has 0 bridgehead atoms. The number of fused-ring (bicyclic) bond motifs is 1. The van der Waals surface area contributed by atoms with Crippen molar-refractivity contribution in [2.45, 2.75) is 31.8 Å². The van der Waals surface area contributed by atoms with E-state index in [1.165, 1.54) is 0 Å². The van der Waals surface area contributed by atoms with Gasteiger partial charge in [0, 0.05) is 33.4 Å². The molecule has 2 aromatic rings. The third-order valence-electron chi connectivity index (χ3n) is 6.01. The molecule has 0 spiro atoms. The van der Waals surface area contributed by atoms with Gasteiger partial charge in [0.2, 0.25) is 0 Å². The highest BCUT2D eigenvalue weighted by Crippen LogP contribution is 2.23. The molecule has 3 heterocycles. The first kappa shape index (κ1) is 20.3. The molecule has 7 nitrogen and oxygen atoms in total. The van der Waals surface area contributed by atoms with Crippen molar-refractivity contribution in [2.24, 2.45) is 5.92 Å². The second-order valence-corrected chi connectivity index (χ2v) is 8.11. The maximum Gasteiger partial charge on any atom is 0.309 e. The van der Waals surface area contributed by atoms with E-state index >= 15 is 0 Å². The first-order valence-corrected chi connectivity index (χ1v) is 10.7. The molecule has 7 heteroatoms. The smallest absolute Gasteiger partial charge is 0.309 e. The molecule has 1 aromatic carbocycles. The van der Waals surface area contributed by atoms with Gasteiger partial charge in [0.15, 0.2) is 5.58 Å². The van der Waals surface area contributed by atoms with Gasteiger partial charge in [-0.25, -0.2) is 4.98 Å². The molecule has 0 N–H and O–H groups in total. The number of carbonyl (C=O) groups is 1. The molecule has 1 aromatic heterocycles. The Balaban J connectivity index is 1.42. The highest BCUT2D eigenvalue weighted by atomic mass is 16.5. The average Bonchev–Trinajstić information content (AvgIpc) is 3.42. The maximum absolute atomic E-state index is 13.3. The van der Waals surface area contributed by atoms with Crippen LogP contribution in [0.3, 0.4) is 0 Å². The third-order valence-corrected chi connectivity index (χ3v) is 6.01. The number of hydrogen-bond acceptors (Lipinski definition) is 6. The molecule has 0 saturated carbocycles. The average molecular weight is 402 g/mol. The lowest BCUT2D eigenvalue weighted by atomic mass is 9.96. The lowest BCUT2D eigenvalue weighted by Gasteiger charge is -2.35. The van der Waals surface area contributed by atoms with E-state index in [1.54, 1.807) is 7.11 Å². The number of likely N-dealkylation sites (tertiary alicyclic amines) is 1. The number of aromatic nitrogens is 1. The van der Waals surface area contributed by atoms with E-state index in [2.05, 4.69) is 9.88 Å². The molecule has 158 valence electrons. The molecule has 2 fully saturated rings. The molecule has 2 saturated heterocycles. The number of para-hydroxylation sites is 2. The minimum Gasteiger partial charge on any atom is -0.432 e. The minimum atomic E-state index is -0.126. The maximum atomic E-state index is 13.3. The Bertz CT molecular complexity index is 761. The molecular weight excluding hydrogens is 370 g/mol. The fourth-order valence-electron chi connectivity index (χ4n) is 4.30. The number of hydrogen-bond donors (Lipinski definition) is 0. The van der Waals surface area contributed by atoms with E-state index in [9.17, 15) is 4.79 Å². The van der Waals surface area contributed by atoms with Crippen molar-refractivity contribution >= 4 is 17.0 Å². The van der Waals surface area contributed by atoms with Crippen molar-refractivity contribution in [3.05, 3.63) is 30.2 Å². The van der Waals surface area contributed by atoms with Gasteiger partial charge in [-0.05, 0) is 56.8 Å². The van der Waals surface area contributed by atoms with Crippen LogP contribution < -0.4 is 0 Å². The van der Waals surface area contributed by atoms with Gasteiger partial charge in [-0.2, -0.15) is 0 Å². The van der Waals surface area contributed by atoms with Crippen LogP contribution in [0.5, 0.6) is 0 Å². The molecule has 4 rings (SSSR count). The lowest BCUT2D eigenvalue weighted by Crippen LogP contribution is -2.44. The zero-order chi connectivity index (χ0) is 20.1. The minimum absolute atomic E-state index is 0.116. The number of carbonyl (C=O) groups excluding carboxylic acids is 1. The van der Waals surface area contributed by atoms with Crippen LogP contribution in [0.25, 0.3) is 11.1 Å². The molecule has 2 aliphatic heterocycles. The molecule has 2 aliphatic rings. The first-order chi connectivity index (χ1) is 14.2. The topological polar surface area (TPSA) is 68.0 Å². The molecule has 1 atom stereocenters. The highest BCUT2D eigenvalue weighted by Gasteiger charge is 2.30. The van der Waals surface area contributed by atoms with Gasteiger partial charge < -0.3 is 23.7 Å². The summed E-state index contributed by atoms with van der Waals surface area (Å²) in [5.41, 5.74) is 1.37. The van der Waals surface area contributed by atoms with Crippen molar-refractivity contribution < 1.29 is 18.7 Å². The van der Waals surface area contributed by atoms with Crippen LogP contribution in [-0.4, -0.2) is 79.8 Å². The number of piperidine rings is 1. The van der Waals surface area contributed by atoms with Gasteiger partial charge in [0.25, 0.3) is 5.89 Å². The second kappa shape index (κ2) is 9.69. The van der Waals surface area contributed by atoms with Crippen molar-refractivity contribution in [1.29, 1.82) is 0 Å². The molecular formula is C22H31N3O4. The van der Waals surface area contributed by atoms with Gasteiger partial charge in [-0.1, -0.05) is 12.1 Å². The van der Waals surface area contributed by atoms with Crippen LogP contribution in [0.4, 0.5) is 0 Å². The molecule has 0 unspecified atom stereocenters. The Morgan fingerprint density at radius 2 is 2.07 bits per heavy atom. The summed E-state index contributed by atoms with van der Waals surface area (Å²) in [5.74, 6) is 0.545. The van der Waals surface area contributed by atoms with Gasteiger partial charge in [-0.15, -0.1) is 0 Å². The van der Waals surface area contributed by atoms with Crippen molar-refractivity contribution in [3.8, 4) is 0 Å². The van der Waals surface area contributed by atoms with Crippen LogP contribution >= 0.6 is 0 Å². The summed E-state index contributed by atoms with van der Waals surface area (Å²) >= 11 is 0. The number of nitrogens with zero attached hydrogens (tertiary/aromatic N) is 3. The van der Waals surface area contributed by atoms with Crippen LogP contribution in [-0.2, 0) is 9.47 Å². The molecule has 0 aliphatic carbocycles. The lowest BCUT2D eigenvalue weighted by molar-refractivity contribution is 0.0411. The van der Waals surface area contributed by atoms with Crippen LogP contribution in [0.15, 0.2) is 28.7 Å². The number of oxazole rings is 1. The molecule has 1 amide bonds. The van der Waals surface area contributed by atoms with E-state index in [0.29, 0.717) is 18.0 Å². The summed E-state index contributed by atoms with van der Waals surface area (Å²) in [5, 5.41) is 0. The standard InChI is InChI=1S/C22H31N3O4/c1-27-14-12-24-10-8-17(9-11-24)15-25(16-18-5-4-13-28-18)22(26)21-23-19-6-2-3-7-20(19)29-21/h2-3,6-7,17-18H,4-5,8-16H2,1H3/t18-/m1/s1. The Morgan fingerprint density at radius 1 is 1.24 bits per heavy atom. The quantitative estimate of drug-likeness (QED) is 0.678. The summed E-state index contributed by atoms with van der Waals surface area (Å²) < 4.78 is 16.8. The SMILES string of the molecule is COCCN1CCC(CN(C[C@H]2CCCO2)C(=O)c2nc3ccccc3o2)CC1. The summed E-state index contributed by atoms with van der Waals surface area (Å²) in [6, 6.07) is 7.51. The van der Waals surface area contributed by atoms with Crippen molar-refractivity contribution in [1.82, 2.24) is 14.8 Å². The largest absolute Gasteiger partial charge is 0.432 e. The third kappa shape index (κ3) is 5.15. The number of ether oxygens (including phenoxy) is 2. The number of amides is 1.